The molecule has 8 nitrogen and oxygen atoms in total. The van der Waals surface area contributed by atoms with E-state index in [9.17, 15) is 13.2 Å². The largest absolute Gasteiger partial charge is 0.451 e. The summed E-state index contributed by atoms with van der Waals surface area (Å²) in [4.78, 5) is 23.0. The van der Waals surface area contributed by atoms with E-state index in [1.54, 1.807) is 39.2 Å². The third kappa shape index (κ3) is 3.04. The Morgan fingerprint density at radius 2 is 1.68 bits per heavy atom. The van der Waals surface area contributed by atoms with Crippen LogP contribution in [0.5, 0.6) is 0 Å². The van der Waals surface area contributed by atoms with Crippen molar-refractivity contribution < 1.29 is 13.2 Å². The number of nitrogens with zero attached hydrogens (tertiary/aromatic N) is 8. The second-order valence-corrected chi connectivity index (χ2v) is 5.66. The summed E-state index contributed by atoms with van der Waals surface area (Å²) in [6.45, 7) is 0. The molecule has 0 amide bonds. The minimum atomic E-state index is -4.67. The molecule has 0 fully saturated rings. The van der Waals surface area contributed by atoms with Crippen LogP contribution in [0.4, 0.5) is 24.9 Å². The average molecular weight is 352 g/mol. The molecule has 0 aliphatic rings. The number of halogens is 3. The first-order valence-electron chi connectivity index (χ1n) is 7.19. The van der Waals surface area contributed by atoms with Crippen molar-refractivity contribution in [3.63, 3.8) is 0 Å². The fourth-order valence-corrected chi connectivity index (χ4v) is 2.18. The van der Waals surface area contributed by atoms with Crippen molar-refractivity contribution in [2.24, 2.45) is 0 Å². The highest BCUT2D eigenvalue weighted by Crippen LogP contribution is 2.31. The van der Waals surface area contributed by atoms with Gasteiger partial charge in [0.1, 0.15) is 12.1 Å². The molecular weight excluding hydrogens is 337 g/mol. The number of anilines is 2. The van der Waals surface area contributed by atoms with Gasteiger partial charge in [0.15, 0.2) is 17.0 Å². The van der Waals surface area contributed by atoms with Gasteiger partial charge in [0.25, 0.3) is 0 Å². The van der Waals surface area contributed by atoms with Gasteiger partial charge in [-0.05, 0) is 6.07 Å². The minimum Gasteiger partial charge on any atom is -0.361 e. The molecular formula is C14H15F3N8. The fourth-order valence-electron chi connectivity index (χ4n) is 2.18. The molecule has 0 radical (unpaired) electrons. The maximum atomic E-state index is 13.2. The lowest BCUT2D eigenvalue weighted by molar-refractivity contribution is -0.144. The Labute approximate surface area is 141 Å². The zero-order valence-corrected chi connectivity index (χ0v) is 13.9. The molecule has 25 heavy (non-hydrogen) atoms. The van der Waals surface area contributed by atoms with Crippen molar-refractivity contribution >= 4 is 22.9 Å². The molecule has 3 heterocycles. The van der Waals surface area contributed by atoms with Crippen molar-refractivity contribution in [1.82, 2.24) is 29.5 Å². The second kappa shape index (κ2) is 5.83. The highest BCUT2D eigenvalue weighted by atomic mass is 19.4. The minimum absolute atomic E-state index is 0.0226. The van der Waals surface area contributed by atoms with E-state index in [0.717, 1.165) is 0 Å². The molecule has 0 spiro atoms. The van der Waals surface area contributed by atoms with E-state index in [1.807, 2.05) is 0 Å². The summed E-state index contributed by atoms with van der Waals surface area (Å²) in [5.41, 5.74) is 0.275. The molecule has 0 unspecified atom stereocenters. The van der Waals surface area contributed by atoms with Gasteiger partial charge in [-0.3, -0.25) is 4.57 Å². The molecule has 0 aliphatic heterocycles. The summed E-state index contributed by atoms with van der Waals surface area (Å²) in [6, 6.07) is 1.57. The van der Waals surface area contributed by atoms with Gasteiger partial charge in [0.2, 0.25) is 11.8 Å². The van der Waals surface area contributed by atoms with Gasteiger partial charge >= 0.3 is 6.18 Å². The molecule has 3 aromatic heterocycles. The van der Waals surface area contributed by atoms with Crippen LogP contribution < -0.4 is 9.80 Å². The van der Waals surface area contributed by atoms with Gasteiger partial charge in [0.05, 0.1) is 0 Å². The molecule has 0 saturated carbocycles. The zero-order valence-electron chi connectivity index (χ0n) is 13.9. The molecule has 0 bridgehead atoms. The Morgan fingerprint density at radius 3 is 2.28 bits per heavy atom. The summed E-state index contributed by atoms with van der Waals surface area (Å²) in [5.74, 6) is -0.375. The maximum Gasteiger partial charge on any atom is 0.451 e. The Bertz CT molecular complexity index is 916. The molecule has 0 atom stereocenters. The summed E-state index contributed by atoms with van der Waals surface area (Å²) >= 11 is 0. The van der Waals surface area contributed by atoms with Crippen molar-refractivity contribution in [3.8, 4) is 5.82 Å². The SMILES string of the molecule is CN(C)c1nccc(-n2cnc3c(N(C)C)nc(C(F)(F)F)nc32)n1. The predicted octanol–water partition coefficient (Wildman–Crippen LogP) is 1.76. The van der Waals surface area contributed by atoms with Crippen LogP contribution in [0.3, 0.4) is 0 Å². The lowest BCUT2D eigenvalue weighted by Gasteiger charge is -2.15. The van der Waals surface area contributed by atoms with E-state index in [2.05, 4.69) is 24.9 Å². The number of aromatic nitrogens is 6. The smallest absolute Gasteiger partial charge is 0.361 e. The number of hydrogen-bond acceptors (Lipinski definition) is 7. The van der Waals surface area contributed by atoms with Gasteiger partial charge in [-0.25, -0.2) is 19.9 Å². The maximum absolute atomic E-state index is 13.2. The van der Waals surface area contributed by atoms with Crippen molar-refractivity contribution in [2.75, 3.05) is 38.0 Å². The average Bonchev–Trinajstić information content (AvgIpc) is 2.96. The molecule has 0 N–H and O–H groups in total. The Hall–Kier alpha value is -2.98. The Morgan fingerprint density at radius 1 is 0.960 bits per heavy atom. The van der Waals surface area contributed by atoms with Crippen LogP contribution in [-0.2, 0) is 6.18 Å². The molecule has 3 rings (SSSR count). The van der Waals surface area contributed by atoms with Crippen molar-refractivity contribution in [3.05, 3.63) is 24.4 Å². The number of fused-ring (bicyclic) bond motifs is 1. The monoisotopic (exact) mass is 352 g/mol. The van der Waals surface area contributed by atoms with Gasteiger partial charge in [0, 0.05) is 34.4 Å². The van der Waals surface area contributed by atoms with E-state index in [0.29, 0.717) is 11.8 Å². The normalized spacial score (nSPS) is 11.8. The molecule has 0 aliphatic carbocycles. The van der Waals surface area contributed by atoms with E-state index in [-0.39, 0.29) is 17.0 Å². The Kier molecular flexibility index (Phi) is 3.93. The number of alkyl halides is 3. The molecule has 0 saturated heterocycles. The molecule has 11 heteroatoms. The number of rotatable bonds is 3. The van der Waals surface area contributed by atoms with Crippen LogP contribution in [0.15, 0.2) is 18.6 Å². The van der Waals surface area contributed by atoms with E-state index in [1.165, 1.54) is 22.0 Å². The predicted molar refractivity (Wildman–Crippen MR) is 85.9 cm³/mol. The van der Waals surface area contributed by atoms with Crippen LogP contribution in [0.1, 0.15) is 5.82 Å². The van der Waals surface area contributed by atoms with Crippen molar-refractivity contribution in [2.45, 2.75) is 6.18 Å². The summed E-state index contributed by atoms with van der Waals surface area (Å²) < 4.78 is 40.9. The first kappa shape index (κ1) is 16.9. The highest BCUT2D eigenvalue weighted by Gasteiger charge is 2.36. The Balaban J connectivity index is 2.27. The fraction of sp³-hybridized carbons (Fsp3) is 0.357. The van der Waals surface area contributed by atoms with Gasteiger partial charge in [-0.2, -0.15) is 18.2 Å². The van der Waals surface area contributed by atoms with E-state index >= 15 is 0 Å². The molecule has 132 valence electrons. The van der Waals surface area contributed by atoms with Gasteiger partial charge in [-0.15, -0.1) is 0 Å². The third-order valence-corrected chi connectivity index (χ3v) is 3.33. The standard InChI is InChI=1S/C14H15F3N8/c1-23(2)10-9-11(22-12(21-10)14(15,16)17)25(7-19-9)8-5-6-18-13(20-8)24(3)4/h5-7H,1-4H3. The van der Waals surface area contributed by atoms with Crippen LogP contribution in [-0.4, -0.2) is 57.7 Å². The van der Waals surface area contributed by atoms with Crippen LogP contribution in [0.2, 0.25) is 0 Å². The van der Waals surface area contributed by atoms with Gasteiger partial charge in [-0.1, -0.05) is 0 Å². The summed E-state index contributed by atoms with van der Waals surface area (Å²) in [5, 5.41) is 0. The number of imidazole rings is 1. The van der Waals surface area contributed by atoms with Crippen molar-refractivity contribution in [1.29, 1.82) is 0 Å². The topological polar surface area (TPSA) is 75.9 Å². The lowest BCUT2D eigenvalue weighted by Crippen LogP contribution is -2.18. The zero-order chi connectivity index (χ0) is 18.4. The van der Waals surface area contributed by atoms with E-state index < -0.39 is 12.0 Å². The summed E-state index contributed by atoms with van der Waals surface area (Å²) in [6.07, 6.45) is -1.79. The molecule has 3 aromatic rings. The quantitative estimate of drug-likeness (QED) is 0.711. The van der Waals surface area contributed by atoms with Gasteiger partial charge < -0.3 is 9.80 Å². The number of hydrogen-bond donors (Lipinski definition) is 0. The first-order chi connectivity index (χ1) is 11.7. The van der Waals surface area contributed by atoms with E-state index in [4.69, 9.17) is 0 Å². The first-order valence-corrected chi connectivity index (χ1v) is 7.19. The highest BCUT2D eigenvalue weighted by molar-refractivity contribution is 5.84. The second-order valence-electron chi connectivity index (χ2n) is 5.66. The lowest BCUT2D eigenvalue weighted by atomic mass is 10.4. The van der Waals surface area contributed by atoms with Crippen LogP contribution in [0.25, 0.3) is 17.0 Å². The van der Waals surface area contributed by atoms with Crippen LogP contribution >= 0.6 is 0 Å². The molecule has 0 aromatic carbocycles. The third-order valence-electron chi connectivity index (χ3n) is 3.33. The van der Waals surface area contributed by atoms with Crippen LogP contribution in [0, 0.1) is 0 Å². The summed E-state index contributed by atoms with van der Waals surface area (Å²) in [7, 11) is 6.71.